The van der Waals surface area contributed by atoms with Crippen LogP contribution < -0.4 is 5.73 Å². The minimum Gasteiger partial charge on any atom is -0.464 e. The van der Waals surface area contributed by atoms with Gasteiger partial charge in [-0.25, -0.2) is 0 Å². The molecule has 0 atom stereocenters. The summed E-state index contributed by atoms with van der Waals surface area (Å²) in [6, 6.07) is 3.72. The second-order valence-electron chi connectivity index (χ2n) is 4.66. The smallest absolute Gasteiger partial charge is 0.235 e. The van der Waals surface area contributed by atoms with Gasteiger partial charge in [0.25, 0.3) is 0 Å². The first-order valence-corrected chi connectivity index (χ1v) is 5.76. The molecule has 0 aliphatic carbocycles. The van der Waals surface area contributed by atoms with Crippen LogP contribution in [-0.2, 0) is 11.3 Å². The van der Waals surface area contributed by atoms with E-state index in [4.69, 9.17) is 22.4 Å². The van der Waals surface area contributed by atoms with Crippen LogP contribution in [0.25, 0.3) is 0 Å². The van der Waals surface area contributed by atoms with Crippen molar-refractivity contribution < 1.29 is 9.21 Å². The number of carbonyl (C=O) groups excluding carboxylic acids is 1. The Kier molecular flexibility index (Phi) is 3.93. The average molecular weight is 254 g/mol. The Labute approximate surface area is 107 Å². The van der Waals surface area contributed by atoms with Gasteiger partial charge in [0, 0.05) is 7.05 Å². The van der Waals surface area contributed by atoms with E-state index < -0.39 is 5.41 Å². The number of nitrogens with two attached hydrogens (primary N) is 1. The first-order chi connectivity index (χ1) is 7.75. The van der Waals surface area contributed by atoms with Crippen LogP contribution in [0.4, 0.5) is 0 Å². The van der Waals surface area contributed by atoms with Gasteiger partial charge in [0.1, 0.15) is 11.5 Å². The molecule has 0 unspecified atom stereocenters. The molecule has 94 valence electrons. The molecule has 17 heavy (non-hydrogen) atoms. The molecule has 1 rings (SSSR count). The van der Waals surface area contributed by atoms with Gasteiger partial charge in [-0.2, -0.15) is 0 Å². The number of amides is 1. The van der Waals surface area contributed by atoms with E-state index in [1.165, 1.54) is 0 Å². The minimum atomic E-state index is -0.828. The number of rotatable bonds is 4. The van der Waals surface area contributed by atoms with Crippen LogP contribution in [0.15, 0.2) is 16.5 Å². The molecular formula is C12H18N2O2S. The molecule has 0 aliphatic heterocycles. The summed E-state index contributed by atoms with van der Waals surface area (Å²) in [4.78, 5) is 13.9. The second-order valence-corrected chi connectivity index (χ2v) is 5.10. The Bertz CT molecular complexity index is 437. The number of thiocarbonyl (C=S) groups is 1. The molecule has 0 aromatic carbocycles. The van der Waals surface area contributed by atoms with Gasteiger partial charge < -0.3 is 15.1 Å². The highest BCUT2D eigenvalue weighted by atomic mass is 32.1. The summed E-state index contributed by atoms with van der Waals surface area (Å²) in [6.45, 7) is 5.73. The van der Waals surface area contributed by atoms with Crippen LogP contribution in [-0.4, -0.2) is 22.8 Å². The number of hydrogen-bond acceptors (Lipinski definition) is 3. The molecule has 5 heteroatoms. The number of furan rings is 1. The summed E-state index contributed by atoms with van der Waals surface area (Å²) in [7, 11) is 1.71. The van der Waals surface area contributed by atoms with Crippen molar-refractivity contribution in [1.29, 1.82) is 0 Å². The van der Waals surface area contributed by atoms with Gasteiger partial charge in [-0.1, -0.05) is 12.2 Å². The minimum absolute atomic E-state index is 0.112. The summed E-state index contributed by atoms with van der Waals surface area (Å²) < 4.78 is 5.42. The fourth-order valence-electron chi connectivity index (χ4n) is 1.46. The summed E-state index contributed by atoms with van der Waals surface area (Å²) in [5.74, 6) is 1.46. The van der Waals surface area contributed by atoms with Crippen LogP contribution in [0.2, 0.25) is 0 Å². The number of nitrogens with zero attached hydrogens (tertiary/aromatic N) is 1. The molecule has 0 spiro atoms. The van der Waals surface area contributed by atoms with E-state index in [0.29, 0.717) is 6.54 Å². The Morgan fingerprint density at radius 3 is 2.53 bits per heavy atom. The van der Waals surface area contributed by atoms with Crippen molar-refractivity contribution in [2.45, 2.75) is 27.3 Å². The molecule has 2 N–H and O–H groups in total. The molecule has 1 amide bonds. The van der Waals surface area contributed by atoms with E-state index in [1.54, 1.807) is 25.8 Å². The zero-order valence-corrected chi connectivity index (χ0v) is 11.4. The Balaban J connectivity index is 2.74. The van der Waals surface area contributed by atoms with Gasteiger partial charge >= 0.3 is 0 Å². The van der Waals surface area contributed by atoms with Crippen LogP contribution in [0.1, 0.15) is 25.4 Å². The molecule has 0 aliphatic rings. The Morgan fingerprint density at radius 1 is 1.53 bits per heavy atom. The zero-order chi connectivity index (χ0) is 13.2. The van der Waals surface area contributed by atoms with E-state index in [0.717, 1.165) is 11.5 Å². The van der Waals surface area contributed by atoms with Crippen LogP contribution in [0, 0.1) is 12.3 Å². The van der Waals surface area contributed by atoms with E-state index in [1.807, 2.05) is 19.1 Å². The van der Waals surface area contributed by atoms with Crippen molar-refractivity contribution in [1.82, 2.24) is 4.90 Å². The van der Waals surface area contributed by atoms with Gasteiger partial charge in [-0.05, 0) is 32.9 Å². The van der Waals surface area contributed by atoms with E-state index >= 15 is 0 Å². The maximum absolute atomic E-state index is 12.1. The van der Waals surface area contributed by atoms with Gasteiger partial charge in [-0.3, -0.25) is 4.79 Å². The molecular weight excluding hydrogens is 236 g/mol. The van der Waals surface area contributed by atoms with Crippen molar-refractivity contribution in [3.8, 4) is 0 Å². The van der Waals surface area contributed by atoms with E-state index in [9.17, 15) is 4.79 Å². The molecule has 4 nitrogen and oxygen atoms in total. The summed E-state index contributed by atoms with van der Waals surface area (Å²) in [5, 5.41) is 0. The van der Waals surface area contributed by atoms with Crippen LogP contribution in [0.3, 0.4) is 0 Å². The third-order valence-corrected chi connectivity index (χ3v) is 3.20. The summed E-state index contributed by atoms with van der Waals surface area (Å²) in [5.41, 5.74) is 4.74. The molecule has 0 bridgehead atoms. The van der Waals surface area contributed by atoms with Crippen LogP contribution >= 0.6 is 12.2 Å². The molecule has 1 heterocycles. The van der Waals surface area contributed by atoms with E-state index in [2.05, 4.69) is 0 Å². The summed E-state index contributed by atoms with van der Waals surface area (Å²) in [6.07, 6.45) is 0. The third-order valence-electron chi connectivity index (χ3n) is 2.69. The predicted molar refractivity (Wildman–Crippen MR) is 70.5 cm³/mol. The van der Waals surface area contributed by atoms with Crippen molar-refractivity contribution in [3.05, 3.63) is 23.7 Å². The van der Waals surface area contributed by atoms with Gasteiger partial charge in [-0.15, -0.1) is 0 Å². The van der Waals surface area contributed by atoms with Crippen LogP contribution in [0.5, 0.6) is 0 Å². The van der Waals surface area contributed by atoms with Crippen molar-refractivity contribution in [2.75, 3.05) is 7.05 Å². The molecule has 0 radical (unpaired) electrons. The average Bonchev–Trinajstić information content (AvgIpc) is 2.62. The molecule has 0 saturated heterocycles. The van der Waals surface area contributed by atoms with Gasteiger partial charge in [0.05, 0.1) is 16.9 Å². The highest BCUT2D eigenvalue weighted by molar-refractivity contribution is 7.80. The molecule has 1 aromatic heterocycles. The topological polar surface area (TPSA) is 59.5 Å². The Morgan fingerprint density at radius 2 is 2.12 bits per heavy atom. The van der Waals surface area contributed by atoms with Crippen molar-refractivity contribution >= 4 is 23.1 Å². The zero-order valence-electron chi connectivity index (χ0n) is 10.6. The lowest BCUT2D eigenvalue weighted by molar-refractivity contribution is -0.136. The fourth-order valence-corrected chi connectivity index (χ4v) is 1.55. The normalized spacial score (nSPS) is 11.3. The lowest BCUT2D eigenvalue weighted by atomic mass is 9.92. The highest BCUT2D eigenvalue weighted by Crippen LogP contribution is 2.20. The van der Waals surface area contributed by atoms with Crippen molar-refractivity contribution in [2.24, 2.45) is 11.1 Å². The summed E-state index contributed by atoms with van der Waals surface area (Å²) >= 11 is 4.90. The first kappa shape index (κ1) is 13.7. The fraction of sp³-hybridized carbons (Fsp3) is 0.500. The number of carbonyl (C=O) groups is 1. The third kappa shape index (κ3) is 3.06. The molecule has 1 aromatic rings. The number of aryl methyl sites for hydroxylation is 1. The standard InChI is InChI=1S/C12H18N2O2S/c1-8-5-6-9(16-8)7-14(4)11(15)12(2,3)10(13)17/h5-6H,7H2,1-4H3,(H2,13,17). The Hall–Kier alpha value is -1.36. The number of hydrogen-bond donors (Lipinski definition) is 1. The van der Waals surface area contributed by atoms with Gasteiger partial charge in [0.15, 0.2) is 0 Å². The van der Waals surface area contributed by atoms with E-state index in [-0.39, 0.29) is 10.9 Å². The second kappa shape index (κ2) is 4.87. The highest BCUT2D eigenvalue weighted by Gasteiger charge is 2.33. The van der Waals surface area contributed by atoms with Crippen molar-refractivity contribution in [3.63, 3.8) is 0 Å². The maximum Gasteiger partial charge on any atom is 0.235 e. The lowest BCUT2D eigenvalue weighted by Gasteiger charge is -2.27. The largest absolute Gasteiger partial charge is 0.464 e. The molecule has 0 fully saturated rings. The first-order valence-electron chi connectivity index (χ1n) is 5.36. The van der Waals surface area contributed by atoms with Gasteiger partial charge in [0.2, 0.25) is 5.91 Å². The maximum atomic E-state index is 12.1. The molecule has 0 saturated carbocycles. The SMILES string of the molecule is Cc1ccc(CN(C)C(=O)C(C)(C)C(N)=S)o1. The monoisotopic (exact) mass is 254 g/mol. The quantitative estimate of drug-likeness (QED) is 0.833. The lowest BCUT2D eigenvalue weighted by Crippen LogP contribution is -2.45. The predicted octanol–water partition coefficient (Wildman–Crippen LogP) is 1.86.